The predicted molar refractivity (Wildman–Crippen MR) is 111 cm³/mol. The largest absolute Gasteiger partial charge is 0.332 e. The molecule has 0 bridgehead atoms. The Hall–Kier alpha value is -2.82. The van der Waals surface area contributed by atoms with Crippen molar-refractivity contribution in [2.45, 2.75) is 54.1 Å². The van der Waals surface area contributed by atoms with Crippen molar-refractivity contribution < 1.29 is 4.79 Å². The number of amides is 1. The van der Waals surface area contributed by atoms with Gasteiger partial charge in [-0.3, -0.25) is 4.79 Å². The molecule has 3 heterocycles. The Balaban J connectivity index is 1.75. The lowest BCUT2D eigenvalue weighted by atomic mass is 9.92. The number of carbonyl (C=O) groups excluding carboxylic acids is 1. The third-order valence-electron chi connectivity index (χ3n) is 5.19. The maximum atomic E-state index is 12.8. The van der Waals surface area contributed by atoms with Gasteiger partial charge in [-0.1, -0.05) is 38.5 Å². The van der Waals surface area contributed by atoms with E-state index in [0.717, 1.165) is 22.8 Å². The van der Waals surface area contributed by atoms with E-state index in [1.165, 1.54) is 11.1 Å². The predicted octanol–water partition coefficient (Wildman–Crippen LogP) is 4.56. The van der Waals surface area contributed by atoms with Gasteiger partial charge in [0.05, 0.1) is 24.5 Å². The van der Waals surface area contributed by atoms with Gasteiger partial charge in [0.1, 0.15) is 5.82 Å². The van der Waals surface area contributed by atoms with E-state index in [1.807, 2.05) is 34.1 Å². The average molecular weight is 377 g/mol. The maximum Gasteiger partial charge on any atom is 0.223 e. The second-order valence-corrected chi connectivity index (χ2v) is 9.03. The van der Waals surface area contributed by atoms with Gasteiger partial charge < -0.3 is 9.47 Å². The van der Waals surface area contributed by atoms with E-state index in [2.05, 4.69) is 57.4 Å². The van der Waals surface area contributed by atoms with Gasteiger partial charge in [0, 0.05) is 24.4 Å². The number of hydrogen-bond acceptors (Lipinski definition) is 2. The summed E-state index contributed by atoms with van der Waals surface area (Å²) in [5.74, 6) is 1.22. The Morgan fingerprint density at radius 2 is 1.82 bits per heavy atom. The van der Waals surface area contributed by atoms with Gasteiger partial charge in [-0.2, -0.15) is 5.10 Å². The summed E-state index contributed by atoms with van der Waals surface area (Å²) in [6.45, 7) is 11.7. The number of rotatable bonds is 3. The zero-order valence-corrected chi connectivity index (χ0v) is 17.4. The topological polar surface area (TPSA) is 43.1 Å². The summed E-state index contributed by atoms with van der Waals surface area (Å²) < 4.78 is 4.13. The van der Waals surface area contributed by atoms with Gasteiger partial charge in [0.15, 0.2) is 0 Å². The standard InChI is InChI=1S/C23H28N4O/c1-16-8-9-20(17(2)12-16)27-22(25-10-6-7-11-25)18-14-26(15-19(18)24-27)21(28)13-23(3,4)5/h6-12H,13-15H2,1-5H3. The summed E-state index contributed by atoms with van der Waals surface area (Å²) in [7, 11) is 0. The lowest BCUT2D eigenvalue weighted by Crippen LogP contribution is -2.29. The zero-order valence-electron chi connectivity index (χ0n) is 17.4. The molecule has 0 saturated heterocycles. The summed E-state index contributed by atoms with van der Waals surface area (Å²) in [4.78, 5) is 14.7. The van der Waals surface area contributed by atoms with Crippen LogP contribution < -0.4 is 0 Å². The van der Waals surface area contributed by atoms with Crippen LogP contribution in [0.15, 0.2) is 42.7 Å². The van der Waals surface area contributed by atoms with Crippen molar-refractivity contribution in [3.05, 3.63) is 65.1 Å². The summed E-state index contributed by atoms with van der Waals surface area (Å²) in [5.41, 5.74) is 5.62. The van der Waals surface area contributed by atoms with Crippen molar-refractivity contribution in [1.29, 1.82) is 0 Å². The second kappa shape index (κ2) is 6.66. The Labute approximate surface area is 166 Å². The van der Waals surface area contributed by atoms with Crippen molar-refractivity contribution in [3.8, 4) is 11.5 Å². The smallest absolute Gasteiger partial charge is 0.223 e. The number of aryl methyl sites for hydroxylation is 2. The molecule has 28 heavy (non-hydrogen) atoms. The summed E-state index contributed by atoms with van der Waals surface area (Å²) >= 11 is 0. The zero-order chi connectivity index (χ0) is 20.1. The SMILES string of the molecule is Cc1ccc(-n2nc3c(c2-n2cccc2)CN(C(=O)CC(C)(C)C)C3)c(C)c1. The first-order valence-electron chi connectivity index (χ1n) is 9.82. The highest BCUT2D eigenvalue weighted by molar-refractivity contribution is 5.77. The molecular weight excluding hydrogens is 348 g/mol. The van der Waals surface area contributed by atoms with Crippen LogP contribution in [0.2, 0.25) is 0 Å². The normalized spacial score (nSPS) is 13.8. The molecule has 0 aliphatic carbocycles. The molecule has 0 fully saturated rings. The van der Waals surface area contributed by atoms with Gasteiger partial charge in [0.2, 0.25) is 5.91 Å². The fraction of sp³-hybridized carbons (Fsp3) is 0.391. The molecule has 0 radical (unpaired) electrons. The molecule has 1 amide bonds. The molecule has 3 aromatic rings. The first-order chi connectivity index (χ1) is 13.2. The monoisotopic (exact) mass is 376 g/mol. The third kappa shape index (κ3) is 3.37. The molecule has 1 aromatic carbocycles. The van der Waals surface area contributed by atoms with E-state index >= 15 is 0 Å². The fourth-order valence-electron chi connectivity index (χ4n) is 3.90. The Morgan fingerprint density at radius 1 is 1.11 bits per heavy atom. The van der Waals surface area contributed by atoms with Crippen LogP contribution in [0, 0.1) is 19.3 Å². The molecule has 5 heteroatoms. The Kier molecular flexibility index (Phi) is 4.41. The van der Waals surface area contributed by atoms with E-state index in [-0.39, 0.29) is 11.3 Å². The van der Waals surface area contributed by atoms with Gasteiger partial charge in [0.25, 0.3) is 0 Å². The van der Waals surface area contributed by atoms with Gasteiger partial charge in [-0.25, -0.2) is 4.68 Å². The molecule has 146 valence electrons. The highest BCUT2D eigenvalue weighted by atomic mass is 16.2. The molecule has 0 N–H and O–H groups in total. The quantitative estimate of drug-likeness (QED) is 0.673. The van der Waals surface area contributed by atoms with Crippen molar-refractivity contribution in [2.75, 3.05) is 0 Å². The molecule has 0 unspecified atom stereocenters. The van der Waals surface area contributed by atoms with Crippen LogP contribution in [0.4, 0.5) is 0 Å². The number of fused-ring (bicyclic) bond motifs is 1. The van der Waals surface area contributed by atoms with Crippen LogP contribution in [0.25, 0.3) is 11.5 Å². The number of aromatic nitrogens is 3. The molecule has 0 saturated carbocycles. The third-order valence-corrected chi connectivity index (χ3v) is 5.19. The van der Waals surface area contributed by atoms with Crippen LogP contribution in [-0.2, 0) is 17.9 Å². The second-order valence-electron chi connectivity index (χ2n) is 9.03. The summed E-state index contributed by atoms with van der Waals surface area (Å²) in [6, 6.07) is 10.5. The van der Waals surface area contributed by atoms with Crippen LogP contribution in [0.3, 0.4) is 0 Å². The minimum Gasteiger partial charge on any atom is -0.332 e. The minimum absolute atomic E-state index is 0.0146. The molecule has 4 rings (SSSR count). The van der Waals surface area contributed by atoms with Crippen molar-refractivity contribution in [1.82, 2.24) is 19.2 Å². The Bertz CT molecular complexity index is 1020. The molecule has 5 nitrogen and oxygen atoms in total. The molecule has 0 spiro atoms. The van der Waals surface area contributed by atoms with E-state index in [9.17, 15) is 4.79 Å². The van der Waals surface area contributed by atoms with E-state index in [1.54, 1.807) is 0 Å². The fourth-order valence-corrected chi connectivity index (χ4v) is 3.90. The molecule has 2 aromatic heterocycles. The van der Waals surface area contributed by atoms with E-state index in [0.29, 0.717) is 19.5 Å². The Morgan fingerprint density at radius 3 is 2.46 bits per heavy atom. The van der Waals surface area contributed by atoms with Crippen LogP contribution >= 0.6 is 0 Å². The number of hydrogen-bond donors (Lipinski definition) is 0. The highest BCUT2D eigenvalue weighted by Crippen LogP contribution is 2.33. The molecule has 1 aliphatic rings. The number of nitrogens with zero attached hydrogens (tertiary/aromatic N) is 4. The number of carbonyl (C=O) groups is 1. The van der Waals surface area contributed by atoms with Crippen molar-refractivity contribution >= 4 is 5.91 Å². The van der Waals surface area contributed by atoms with Crippen LogP contribution in [0.5, 0.6) is 0 Å². The summed E-state index contributed by atoms with van der Waals surface area (Å²) in [5, 5.41) is 4.94. The lowest BCUT2D eigenvalue weighted by Gasteiger charge is -2.23. The summed E-state index contributed by atoms with van der Waals surface area (Å²) in [6.07, 6.45) is 4.63. The van der Waals surface area contributed by atoms with Gasteiger partial charge in [-0.05, 0) is 43.0 Å². The van der Waals surface area contributed by atoms with Gasteiger partial charge in [-0.15, -0.1) is 0 Å². The first-order valence-corrected chi connectivity index (χ1v) is 9.82. The van der Waals surface area contributed by atoms with Crippen molar-refractivity contribution in [3.63, 3.8) is 0 Å². The van der Waals surface area contributed by atoms with Crippen molar-refractivity contribution in [2.24, 2.45) is 5.41 Å². The van der Waals surface area contributed by atoms with Crippen LogP contribution in [-0.4, -0.2) is 25.2 Å². The van der Waals surface area contributed by atoms with E-state index in [4.69, 9.17) is 5.10 Å². The minimum atomic E-state index is -0.0146. The molecule has 0 atom stereocenters. The average Bonchev–Trinajstić information content (AvgIpc) is 3.28. The molecule has 1 aliphatic heterocycles. The highest BCUT2D eigenvalue weighted by Gasteiger charge is 2.32. The van der Waals surface area contributed by atoms with Crippen LogP contribution in [0.1, 0.15) is 49.6 Å². The van der Waals surface area contributed by atoms with Gasteiger partial charge >= 0.3 is 0 Å². The first kappa shape index (κ1) is 18.5. The lowest BCUT2D eigenvalue weighted by molar-refractivity contribution is -0.133. The number of benzene rings is 1. The molecular formula is C23H28N4O. The maximum absolute atomic E-state index is 12.8. The van der Waals surface area contributed by atoms with E-state index < -0.39 is 0 Å².